The predicted octanol–water partition coefficient (Wildman–Crippen LogP) is 0.415. The highest BCUT2D eigenvalue weighted by Gasteiger charge is 2.50. The summed E-state index contributed by atoms with van der Waals surface area (Å²) in [6, 6.07) is 1.44. The molecule has 0 radical (unpaired) electrons. The maximum absolute atomic E-state index is 12.7. The van der Waals surface area contributed by atoms with Crippen molar-refractivity contribution in [2.24, 2.45) is 0 Å². The summed E-state index contributed by atoms with van der Waals surface area (Å²) >= 11 is 0. The third kappa shape index (κ3) is 5.17. The monoisotopic (exact) mass is 374 g/mol. The van der Waals surface area contributed by atoms with E-state index in [4.69, 9.17) is 10.00 Å². The van der Waals surface area contributed by atoms with Gasteiger partial charge in [0, 0.05) is 25.1 Å². The van der Waals surface area contributed by atoms with Gasteiger partial charge in [-0.2, -0.15) is 5.26 Å². The molecule has 8 heteroatoms. The second-order valence-electron chi connectivity index (χ2n) is 6.94. The van der Waals surface area contributed by atoms with Gasteiger partial charge < -0.3 is 20.3 Å². The summed E-state index contributed by atoms with van der Waals surface area (Å²) in [6.45, 7) is 4.74. The molecule has 0 aromatic heterocycles. The second-order valence-corrected chi connectivity index (χ2v) is 6.94. The molecule has 2 atom stereocenters. The number of rotatable bonds is 7. The van der Waals surface area contributed by atoms with Gasteiger partial charge in [-0.15, -0.1) is 0 Å². The van der Waals surface area contributed by atoms with Gasteiger partial charge in [0.05, 0.1) is 24.8 Å². The minimum atomic E-state index is -0.631. The molecule has 0 saturated carbocycles. The van der Waals surface area contributed by atoms with Crippen molar-refractivity contribution in [1.82, 2.24) is 15.5 Å². The molecule has 8 nitrogen and oxygen atoms in total. The molecular formula is C19H26N4O4. The minimum absolute atomic E-state index is 0.144. The number of hydrogen-bond donors (Lipinski definition) is 2. The molecule has 2 fully saturated rings. The Hall–Kier alpha value is -2.66. The lowest BCUT2D eigenvalue weighted by Crippen LogP contribution is -2.48. The zero-order valence-corrected chi connectivity index (χ0v) is 15.8. The van der Waals surface area contributed by atoms with Crippen molar-refractivity contribution < 1.29 is 19.1 Å². The van der Waals surface area contributed by atoms with Gasteiger partial charge in [0.25, 0.3) is 0 Å². The lowest BCUT2D eigenvalue weighted by atomic mass is 9.96. The number of nitrogens with one attached hydrogen (secondary N) is 2. The van der Waals surface area contributed by atoms with Gasteiger partial charge in [-0.1, -0.05) is 11.6 Å². The molecule has 0 aromatic carbocycles. The molecule has 0 aliphatic carbocycles. The zero-order valence-electron chi connectivity index (χ0n) is 15.8. The summed E-state index contributed by atoms with van der Waals surface area (Å²) < 4.78 is 5.86. The van der Waals surface area contributed by atoms with Crippen LogP contribution >= 0.6 is 0 Å². The highest BCUT2D eigenvalue weighted by molar-refractivity contribution is 5.90. The van der Waals surface area contributed by atoms with E-state index in [-0.39, 0.29) is 24.9 Å². The Balaban J connectivity index is 2.05. The van der Waals surface area contributed by atoms with Crippen molar-refractivity contribution in [3.05, 3.63) is 23.3 Å². The van der Waals surface area contributed by atoms with E-state index >= 15 is 0 Å². The average Bonchev–Trinajstić information content (AvgIpc) is 3.29. The summed E-state index contributed by atoms with van der Waals surface area (Å²) in [5.74, 6) is -0.559. The maximum Gasteiger partial charge on any atom is 0.243 e. The van der Waals surface area contributed by atoms with Crippen molar-refractivity contribution in [3.8, 4) is 6.07 Å². The molecule has 0 bridgehead atoms. The third-order valence-corrected chi connectivity index (χ3v) is 4.93. The van der Waals surface area contributed by atoms with E-state index in [0.29, 0.717) is 31.6 Å². The highest BCUT2D eigenvalue weighted by atomic mass is 16.5. The zero-order chi connectivity index (χ0) is 19.9. The Kier molecular flexibility index (Phi) is 7.13. The first-order chi connectivity index (χ1) is 12.9. The molecule has 2 aliphatic heterocycles. The fourth-order valence-corrected chi connectivity index (χ4v) is 3.56. The van der Waals surface area contributed by atoms with Crippen LogP contribution < -0.4 is 10.6 Å². The Morgan fingerprint density at radius 2 is 2.19 bits per heavy atom. The van der Waals surface area contributed by atoms with Crippen LogP contribution in [0.1, 0.15) is 33.1 Å². The van der Waals surface area contributed by atoms with E-state index < -0.39 is 11.6 Å². The SMILES string of the molecule is C/C=C(C#N)\C=C(/C)CNC(=O)C1CC2(CCCO2)CN1C(=O)CNC=O. The van der Waals surface area contributed by atoms with Crippen LogP contribution in [0.3, 0.4) is 0 Å². The number of allylic oxidation sites excluding steroid dienone is 3. The maximum atomic E-state index is 12.7. The number of carbonyl (C=O) groups is 3. The molecule has 146 valence electrons. The number of ether oxygens (including phenoxy) is 1. The number of likely N-dealkylation sites (tertiary alicyclic amines) is 1. The number of hydrogen-bond acceptors (Lipinski definition) is 5. The van der Waals surface area contributed by atoms with Crippen LogP contribution in [0.4, 0.5) is 0 Å². The Bertz CT molecular complexity index is 686. The summed E-state index contributed by atoms with van der Waals surface area (Å²) in [5, 5.41) is 14.2. The molecule has 2 rings (SSSR count). The van der Waals surface area contributed by atoms with Crippen LogP contribution in [-0.4, -0.2) is 61.0 Å². The van der Waals surface area contributed by atoms with E-state index in [1.54, 1.807) is 19.1 Å². The normalized spacial score (nSPS) is 25.4. The third-order valence-electron chi connectivity index (χ3n) is 4.93. The number of amides is 3. The Morgan fingerprint density at radius 1 is 1.41 bits per heavy atom. The summed E-state index contributed by atoms with van der Waals surface area (Å²) in [5.41, 5.74) is 0.892. The minimum Gasteiger partial charge on any atom is -0.373 e. The second kappa shape index (κ2) is 9.33. The van der Waals surface area contributed by atoms with Gasteiger partial charge >= 0.3 is 0 Å². The Labute approximate surface area is 159 Å². The molecule has 2 saturated heterocycles. The van der Waals surface area contributed by atoms with E-state index in [1.807, 2.05) is 6.92 Å². The van der Waals surface area contributed by atoms with Crippen LogP contribution in [0.25, 0.3) is 0 Å². The lowest BCUT2D eigenvalue weighted by molar-refractivity contribution is -0.138. The van der Waals surface area contributed by atoms with Gasteiger partial charge in [0.15, 0.2) is 0 Å². The molecular weight excluding hydrogens is 348 g/mol. The van der Waals surface area contributed by atoms with Crippen LogP contribution in [0.2, 0.25) is 0 Å². The van der Waals surface area contributed by atoms with Gasteiger partial charge in [-0.05, 0) is 32.8 Å². The van der Waals surface area contributed by atoms with Crippen molar-refractivity contribution >= 4 is 18.2 Å². The van der Waals surface area contributed by atoms with E-state index in [0.717, 1.165) is 18.4 Å². The molecule has 2 N–H and O–H groups in total. The topological polar surface area (TPSA) is 112 Å². The van der Waals surface area contributed by atoms with Crippen LogP contribution in [0.15, 0.2) is 23.3 Å². The number of nitriles is 1. The first-order valence-electron chi connectivity index (χ1n) is 9.06. The van der Waals surface area contributed by atoms with E-state index in [2.05, 4.69) is 16.7 Å². The number of nitrogens with zero attached hydrogens (tertiary/aromatic N) is 2. The molecule has 2 heterocycles. The van der Waals surface area contributed by atoms with Crippen molar-refractivity contribution in [3.63, 3.8) is 0 Å². The highest BCUT2D eigenvalue weighted by Crippen LogP contribution is 2.38. The fraction of sp³-hybridized carbons (Fsp3) is 0.579. The van der Waals surface area contributed by atoms with E-state index in [1.165, 1.54) is 4.90 Å². The smallest absolute Gasteiger partial charge is 0.243 e. The van der Waals surface area contributed by atoms with Crippen molar-refractivity contribution in [2.75, 3.05) is 26.2 Å². The summed E-state index contributed by atoms with van der Waals surface area (Å²) in [6.07, 6.45) is 6.05. The largest absolute Gasteiger partial charge is 0.373 e. The summed E-state index contributed by atoms with van der Waals surface area (Å²) in [4.78, 5) is 37.2. The average molecular weight is 374 g/mol. The van der Waals surface area contributed by atoms with Gasteiger partial charge in [-0.25, -0.2) is 0 Å². The standard InChI is InChI=1S/C19H26N4O4/c1-3-15(9-20)7-14(2)10-22-18(26)16-8-19(5-4-6-27-19)12-23(16)17(25)11-21-13-24/h3,7,13,16H,4-6,8,10-12H2,1-2H3,(H,21,24)(H,22,26)/b14-7+,15-3+. The van der Waals surface area contributed by atoms with Gasteiger partial charge in [0.2, 0.25) is 18.2 Å². The predicted molar refractivity (Wildman–Crippen MR) is 98.2 cm³/mol. The molecule has 27 heavy (non-hydrogen) atoms. The lowest BCUT2D eigenvalue weighted by Gasteiger charge is -2.24. The van der Waals surface area contributed by atoms with Crippen LogP contribution in [0.5, 0.6) is 0 Å². The molecule has 1 spiro atoms. The first kappa shape index (κ1) is 20.6. The Morgan fingerprint density at radius 3 is 2.78 bits per heavy atom. The fourth-order valence-electron chi connectivity index (χ4n) is 3.56. The molecule has 3 amide bonds. The van der Waals surface area contributed by atoms with Crippen molar-refractivity contribution in [1.29, 1.82) is 5.26 Å². The van der Waals surface area contributed by atoms with Crippen molar-refractivity contribution in [2.45, 2.75) is 44.8 Å². The quantitative estimate of drug-likeness (QED) is 0.381. The number of carbonyl (C=O) groups excluding carboxylic acids is 3. The molecule has 2 unspecified atom stereocenters. The van der Waals surface area contributed by atoms with Gasteiger partial charge in [0.1, 0.15) is 6.04 Å². The van der Waals surface area contributed by atoms with E-state index in [9.17, 15) is 14.4 Å². The summed E-state index contributed by atoms with van der Waals surface area (Å²) in [7, 11) is 0. The molecule has 0 aromatic rings. The first-order valence-corrected chi connectivity index (χ1v) is 9.06. The van der Waals surface area contributed by atoms with Gasteiger partial charge in [-0.3, -0.25) is 14.4 Å². The molecule has 2 aliphatic rings. The van der Waals surface area contributed by atoms with Crippen LogP contribution in [-0.2, 0) is 19.1 Å². The van der Waals surface area contributed by atoms with Crippen LogP contribution in [0, 0.1) is 11.3 Å².